The molecule has 1 aromatic carbocycles. The quantitative estimate of drug-likeness (QED) is 0.833. The summed E-state index contributed by atoms with van der Waals surface area (Å²) in [6.45, 7) is 2.72. The molecule has 0 unspecified atom stereocenters. The molecule has 0 aliphatic carbocycles. The Bertz CT molecular complexity index is 680. The number of carbonyl (C=O) groups excluding carboxylic acids is 3. The third-order valence-electron chi connectivity index (χ3n) is 3.47. The number of Topliss-reactive ketones (excluding diaryl/α,β-unsaturated/α-hetero) is 1. The summed E-state index contributed by atoms with van der Waals surface area (Å²) in [6, 6.07) is 5.65. The Morgan fingerprint density at radius 1 is 1.30 bits per heavy atom. The van der Waals surface area contributed by atoms with Gasteiger partial charge in [-0.3, -0.25) is 14.4 Å². The monoisotopic (exact) mass is 337 g/mol. The van der Waals surface area contributed by atoms with Crippen molar-refractivity contribution in [1.82, 2.24) is 4.90 Å². The van der Waals surface area contributed by atoms with Gasteiger partial charge in [-0.15, -0.1) is 0 Å². The first-order chi connectivity index (χ1) is 10.9. The number of hydrogen-bond donors (Lipinski definition) is 1. The van der Waals surface area contributed by atoms with E-state index in [1.807, 2.05) is 0 Å². The van der Waals surface area contributed by atoms with Gasteiger partial charge in [-0.25, -0.2) is 0 Å². The lowest BCUT2D eigenvalue weighted by molar-refractivity contribution is -0.148. The van der Waals surface area contributed by atoms with E-state index in [-0.39, 0.29) is 18.7 Å². The molecule has 0 aromatic heterocycles. The van der Waals surface area contributed by atoms with Crippen molar-refractivity contribution in [3.05, 3.63) is 46.2 Å². The maximum absolute atomic E-state index is 12.2. The van der Waals surface area contributed by atoms with Gasteiger partial charge in [0, 0.05) is 5.02 Å². The van der Waals surface area contributed by atoms with Gasteiger partial charge in [0.2, 0.25) is 0 Å². The Labute approximate surface area is 138 Å². The Kier molecular flexibility index (Phi) is 5.05. The van der Waals surface area contributed by atoms with Crippen LogP contribution in [0.5, 0.6) is 0 Å². The average molecular weight is 338 g/mol. The van der Waals surface area contributed by atoms with E-state index in [0.717, 1.165) is 4.90 Å². The highest BCUT2D eigenvalue weighted by Crippen LogP contribution is 2.37. The molecule has 7 heteroatoms. The number of halogens is 1. The smallest absolute Gasteiger partial charge is 0.325 e. The molecule has 1 aliphatic rings. The number of esters is 1. The molecule has 0 spiro atoms. The molecule has 1 amide bonds. The van der Waals surface area contributed by atoms with Gasteiger partial charge in [0.1, 0.15) is 6.54 Å². The molecule has 1 heterocycles. The summed E-state index contributed by atoms with van der Waals surface area (Å²) in [6.07, 6.45) is 0. The van der Waals surface area contributed by atoms with Gasteiger partial charge in [0.15, 0.2) is 11.5 Å². The fourth-order valence-electron chi connectivity index (χ4n) is 2.51. The second-order valence-electron chi connectivity index (χ2n) is 5.01. The topological polar surface area (TPSA) is 83.9 Å². The lowest BCUT2D eigenvalue weighted by Gasteiger charge is -2.25. The lowest BCUT2D eigenvalue weighted by atomic mass is 9.97. The van der Waals surface area contributed by atoms with Gasteiger partial charge < -0.3 is 14.7 Å². The first-order valence-electron chi connectivity index (χ1n) is 7.03. The van der Waals surface area contributed by atoms with E-state index in [1.54, 1.807) is 31.2 Å². The third-order valence-corrected chi connectivity index (χ3v) is 3.73. The molecule has 122 valence electrons. The average Bonchev–Trinajstić information content (AvgIpc) is 2.73. The van der Waals surface area contributed by atoms with Crippen molar-refractivity contribution in [3.63, 3.8) is 0 Å². The summed E-state index contributed by atoms with van der Waals surface area (Å²) in [5, 5.41) is 10.5. The Morgan fingerprint density at radius 2 is 1.91 bits per heavy atom. The molecule has 6 nitrogen and oxygen atoms in total. The second-order valence-corrected chi connectivity index (χ2v) is 5.45. The van der Waals surface area contributed by atoms with Gasteiger partial charge >= 0.3 is 5.97 Å². The number of benzene rings is 1. The zero-order valence-corrected chi connectivity index (χ0v) is 13.5. The van der Waals surface area contributed by atoms with E-state index in [1.165, 1.54) is 6.92 Å². The predicted octanol–water partition coefficient (Wildman–Crippen LogP) is 2.19. The molecule has 2 rings (SSSR count). The summed E-state index contributed by atoms with van der Waals surface area (Å²) < 4.78 is 4.85. The van der Waals surface area contributed by atoms with Crippen LogP contribution in [0.25, 0.3) is 0 Å². The number of hydrogen-bond acceptors (Lipinski definition) is 5. The van der Waals surface area contributed by atoms with E-state index < -0.39 is 29.5 Å². The number of carbonyl (C=O) groups is 3. The van der Waals surface area contributed by atoms with Crippen molar-refractivity contribution in [2.45, 2.75) is 19.9 Å². The first-order valence-corrected chi connectivity index (χ1v) is 7.40. The SMILES string of the molecule is CCOC(=O)CN1C(=O)C(O)=C(C(C)=O)[C@@H]1c1ccc(Cl)cc1. The summed E-state index contributed by atoms with van der Waals surface area (Å²) >= 11 is 5.85. The first kappa shape index (κ1) is 17.0. The highest BCUT2D eigenvalue weighted by Gasteiger charge is 2.43. The standard InChI is InChI=1S/C16H16ClNO5/c1-3-23-12(20)8-18-14(10-4-6-11(17)7-5-10)13(9(2)19)15(21)16(18)22/h4-7,14,21H,3,8H2,1-2H3/t14-/m0/s1. The molecule has 1 aromatic rings. The highest BCUT2D eigenvalue weighted by atomic mass is 35.5. The molecule has 0 saturated heterocycles. The van der Waals surface area contributed by atoms with Crippen LogP contribution in [-0.2, 0) is 19.1 Å². The van der Waals surface area contributed by atoms with Crippen LogP contribution in [0.1, 0.15) is 25.5 Å². The van der Waals surface area contributed by atoms with Crippen molar-refractivity contribution in [1.29, 1.82) is 0 Å². The number of aliphatic hydroxyl groups excluding tert-OH is 1. The van der Waals surface area contributed by atoms with E-state index in [9.17, 15) is 19.5 Å². The van der Waals surface area contributed by atoms with Crippen LogP contribution >= 0.6 is 11.6 Å². The zero-order valence-electron chi connectivity index (χ0n) is 12.7. The third kappa shape index (κ3) is 3.37. The summed E-state index contributed by atoms with van der Waals surface area (Å²) in [5.74, 6) is -2.47. The van der Waals surface area contributed by atoms with Crippen LogP contribution in [0.2, 0.25) is 5.02 Å². The van der Waals surface area contributed by atoms with Crippen LogP contribution in [0, 0.1) is 0 Å². The molecular weight excluding hydrogens is 322 g/mol. The Morgan fingerprint density at radius 3 is 2.43 bits per heavy atom. The fourth-order valence-corrected chi connectivity index (χ4v) is 2.64. The largest absolute Gasteiger partial charge is 0.503 e. The van der Waals surface area contributed by atoms with Crippen molar-refractivity contribution in [2.24, 2.45) is 0 Å². The van der Waals surface area contributed by atoms with Gasteiger partial charge in [0.05, 0.1) is 18.2 Å². The van der Waals surface area contributed by atoms with Crippen molar-refractivity contribution >= 4 is 29.3 Å². The van der Waals surface area contributed by atoms with Crippen LogP contribution in [0.4, 0.5) is 0 Å². The molecule has 0 radical (unpaired) electrons. The van der Waals surface area contributed by atoms with Gasteiger partial charge in [-0.2, -0.15) is 0 Å². The number of aliphatic hydroxyl groups is 1. The predicted molar refractivity (Wildman–Crippen MR) is 82.9 cm³/mol. The lowest BCUT2D eigenvalue weighted by Crippen LogP contribution is -2.36. The number of ketones is 1. The molecule has 0 saturated carbocycles. The van der Waals surface area contributed by atoms with Crippen LogP contribution in [0.15, 0.2) is 35.6 Å². The summed E-state index contributed by atoms with van der Waals surface area (Å²) in [4.78, 5) is 37.0. The molecule has 0 fully saturated rings. The Balaban J connectivity index is 2.44. The molecule has 0 bridgehead atoms. The van der Waals surface area contributed by atoms with E-state index >= 15 is 0 Å². The van der Waals surface area contributed by atoms with E-state index in [4.69, 9.17) is 16.3 Å². The number of rotatable bonds is 5. The molecular formula is C16H16ClNO5. The van der Waals surface area contributed by atoms with Crippen LogP contribution < -0.4 is 0 Å². The molecule has 1 aliphatic heterocycles. The number of nitrogens with zero attached hydrogens (tertiary/aromatic N) is 1. The normalized spacial score (nSPS) is 17.6. The van der Waals surface area contributed by atoms with Crippen molar-refractivity contribution < 1.29 is 24.2 Å². The van der Waals surface area contributed by atoms with E-state index in [0.29, 0.717) is 10.6 Å². The number of ether oxygens (including phenoxy) is 1. The van der Waals surface area contributed by atoms with Gasteiger partial charge in [-0.05, 0) is 31.5 Å². The Hall–Kier alpha value is -2.34. The highest BCUT2D eigenvalue weighted by molar-refractivity contribution is 6.30. The van der Waals surface area contributed by atoms with Crippen molar-refractivity contribution in [2.75, 3.05) is 13.2 Å². The molecule has 1 atom stereocenters. The van der Waals surface area contributed by atoms with Gasteiger partial charge in [0.25, 0.3) is 5.91 Å². The van der Waals surface area contributed by atoms with Crippen LogP contribution in [-0.4, -0.2) is 40.8 Å². The fraction of sp³-hybridized carbons (Fsp3) is 0.312. The molecule has 1 N–H and O–H groups in total. The minimum Gasteiger partial charge on any atom is -0.503 e. The maximum atomic E-state index is 12.2. The minimum atomic E-state index is -0.846. The van der Waals surface area contributed by atoms with E-state index in [2.05, 4.69) is 0 Å². The van der Waals surface area contributed by atoms with Crippen molar-refractivity contribution in [3.8, 4) is 0 Å². The second kappa shape index (κ2) is 6.83. The minimum absolute atomic E-state index is 0.0402. The zero-order chi connectivity index (χ0) is 17.1. The molecule has 23 heavy (non-hydrogen) atoms. The number of amides is 1. The van der Waals surface area contributed by atoms with Gasteiger partial charge in [-0.1, -0.05) is 23.7 Å². The maximum Gasteiger partial charge on any atom is 0.325 e. The van der Waals surface area contributed by atoms with Crippen LogP contribution in [0.3, 0.4) is 0 Å². The summed E-state index contributed by atoms with van der Waals surface area (Å²) in [5.41, 5.74) is 0.530. The summed E-state index contributed by atoms with van der Waals surface area (Å²) in [7, 11) is 0.